The molecular weight excluding hydrogens is 268 g/mol. The second-order valence-corrected chi connectivity index (χ2v) is 7.46. The van der Waals surface area contributed by atoms with Gasteiger partial charge in [0.1, 0.15) is 10.7 Å². The molecule has 0 aliphatic rings. The fraction of sp³-hybridized carbons (Fsp3) is 0.562. The van der Waals surface area contributed by atoms with Crippen molar-refractivity contribution in [3.05, 3.63) is 23.8 Å². The van der Waals surface area contributed by atoms with Gasteiger partial charge in [0.25, 0.3) is 0 Å². The lowest BCUT2D eigenvalue weighted by Gasteiger charge is -2.35. The summed E-state index contributed by atoms with van der Waals surface area (Å²) in [7, 11) is 1.65. The Morgan fingerprint density at radius 2 is 1.85 bits per heavy atom. The summed E-state index contributed by atoms with van der Waals surface area (Å²) in [5.74, 6) is 0.791. The number of thiocarbonyl (C=S) groups is 1. The molecule has 0 spiro atoms. The number of hydrogen-bond donors (Lipinski definition) is 2. The SMILES string of the molecule is COc1ccc(C(N)=S)c(NC(C)(C)CC(C)(C)C)c1. The average molecular weight is 294 g/mol. The van der Waals surface area contributed by atoms with Gasteiger partial charge in [-0.2, -0.15) is 0 Å². The monoisotopic (exact) mass is 294 g/mol. The van der Waals surface area contributed by atoms with Crippen molar-refractivity contribution >= 4 is 22.9 Å². The van der Waals surface area contributed by atoms with Crippen molar-refractivity contribution in [2.45, 2.75) is 46.6 Å². The smallest absolute Gasteiger partial charge is 0.120 e. The molecule has 112 valence electrons. The minimum absolute atomic E-state index is 0.0653. The van der Waals surface area contributed by atoms with E-state index in [0.29, 0.717) is 4.99 Å². The lowest BCUT2D eigenvalue weighted by molar-refractivity contribution is 0.302. The van der Waals surface area contributed by atoms with Crippen molar-refractivity contribution in [3.8, 4) is 5.75 Å². The minimum atomic E-state index is -0.0653. The standard InChI is InChI=1S/C16H26N2OS/c1-15(2,3)10-16(4,5)18-13-9-11(19-6)7-8-12(13)14(17)20/h7-9,18H,10H2,1-6H3,(H2,17,20). The van der Waals surface area contributed by atoms with Crippen molar-refractivity contribution in [1.82, 2.24) is 0 Å². The third-order valence-electron chi connectivity index (χ3n) is 2.94. The Labute approximate surface area is 127 Å². The molecule has 3 nitrogen and oxygen atoms in total. The van der Waals surface area contributed by atoms with Crippen LogP contribution in [-0.4, -0.2) is 17.6 Å². The van der Waals surface area contributed by atoms with E-state index in [-0.39, 0.29) is 11.0 Å². The van der Waals surface area contributed by atoms with Crippen molar-refractivity contribution in [1.29, 1.82) is 0 Å². The number of methoxy groups -OCH3 is 1. The molecule has 3 N–H and O–H groups in total. The van der Waals surface area contributed by atoms with Crippen molar-refractivity contribution < 1.29 is 4.74 Å². The second-order valence-electron chi connectivity index (χ2n) is 7.02. The van der Waals surface area contributed by atoms with Crippen LogP contribution in [0.15, 0.2) is 18.2 Å². The van der Waals surface area contributed by atoms with Gasteiger partial charge in [-0.25, -0.2) is 0 Å². The molecule has 0 heterocycles. The summed E-state index contributed by atoms with van der Waals surface area (Å²) in [5.41, 5.74) is 7.74. The van der Waals surface area contributed by atoms with Crippen LogP contribution >= 0.6 is 12.2 Å². The highest BCUT2D eigenvalue weighted by atomic mass is 32.1. The summed E-state index contributed by atoms with van der Waals surface area (Å²) in [6.45, 7) is 11.1. The highest BCUT2D eigenvalue weighted by Gasteiger charge is 2.26. The zero-order valence-corrected chi connectivity index (χ0v) is 14.1. The molecule has 1 aromatic carbocycles. The lowest BCUT2D eigenvalue weighted by atomic mass is 9.81. The first-order chi connectivity index (χ1) is 9.04. The summed E-state index contributed by atoms with van der Waals surface area (Å²) in [6, 6.07) is 5.71. The largest absolute Gasteiger partial charge is 0.497 e. The Balaban J connectivity index is 3.08. The van der Waals surface area contributed by atoms with E-state index in [4.69, 9.17) is 22.7 Å². The number of hydrogen-bond acceptors (Lipinski definition) is 3. The number of anilines is 1. The van der Waals surface area contributed by atoms with Crippen LogP contribution in [-0.2, 0) is 0 Å². The van der Waals surface area contributed by atoms with Gasteiger partial charge < -0.3 is 15.8 Å². The first-order valence-corrected chi connectivity index (χ1v) is 7.21. The van der Waals surface area contributed by atoms with Crippen molar-refractivity contribution in [2.75, 3.05) is 12.4 Å². The molecule has 0 aliphatic carbocycles. The third-order valence-corrected chi connectivity index (χ3v) is 3.16. The molecule has 0 atom stereocenters. The van der Waals surface area contributed by atoms with E-state index in [2.05, 4.69) is 39.9 Å². The van der Waals surface area contributed by atoms with Gasteiger partial charge >= 0.3 is 0 Å². The number of ether oxygens (including phenoxy) is 1. The second kappa shape index (κ2) is 6.00. The molecule has 1 aromatic rings. The van der Waals surface area contributed by atoms with Gasteiger partial charge in [-0.3, -0.25) is 0 Å². The maximum Gasteiger partial charge on any atom is 0.120 e. The van der Waals surface area contributed by atoms with Crippen LogP contribution in [0.2, 0.25) is 0 Å². The summed E-state index contributed by atoms with van der Waals surface area (Å²) < 4.78 is 5.28. The maximum absolute atomic E-state index is 5.80. The number of rotatable bonds is 5. The molecule has 0 bridgehead atoms. The van der Waals surface area contributed by atoms with Gasteiger partial charge in [-0.1, -0.05) is 33.0 Å². The summed E-state index contributed by atoms with van der Waals surface area (Å²) in [4.78, 5) is 0.390. The van der Waals surface area contributed by atoms with E-state index in [0.717, 1.165) is 23.4 Å². The van der Waals surface area contributed by atoms with Gasteiger partial charge in [-0.05, 0) is 37.8 Å². The van der Waals surface area contributed by atoms with Crippen LogP contribution in [0.25, 0.3) is 0 Å². The van der Waals surface area contributed by atoms with Gasteiger partial charge in [0, 0.05) is 22.9 Å². The van der Waals surface area contributed by atoms with Crippen LogP contribution in [0.3, 0.4) is 0 Å². The summed E-state index contributed by atoms with van der Waals surface area (Å²) in [5, 5.41) is 3.55. The van der Waals surface area contributed by atoms with Gasteiger partial charge in [-0.15, -0.1) is 0 Å². The van der Waals surface area contributed by atoms with Crippen LogP contribution in [0, 0.1) is 5.41 Å². The highest BCUT2D eigenvalue weighted by Crippen LogP contribution is 2.32. The average Bonchev–Trinajstić information content (AvgIpc) is 2.24. The molecule has 0 aromatic heterocycles. The first-order valence-electron chi connectivity index (χ1n) is 6.80. The number of benzene rings is 1. The fourth-order valence-electron chi connectivity index (χ4n) is 2.70. The molecule has 0 amide bonds. The Morgan fingerprint density at radius 3 is 2.30 bits per heavy atom. The molecule has 0 unspecified atom stereocenters. The van der Waals surface area contributed by atoms with Crippen molar-refractivity contribution in [3.63, 3.8) is 0 Å². The molecule has 0 radical (unpaired) electrons. The van der Waals surface area contributed by atoms with Crippen LogP contribution in [0.4, 0.5) is 5.69 Å². The molecule has 0 saturated carbocycles. The van der Waals surface area contributed by atoms with E-state index >= 15 is 0 Å². The van der Waals surface area contributed by atoms with Gasteiger partial charge in [0.2, 0.25) is 0 Å². The quantitative estimate of drug-likeness (QED) is 0.807. The van der Waals surface area contributed by atoms with Crippen LogP contribution in [0.5, 0.6) is 5.75 Å². The fourth-order valence-corrected chi connectivity index (χ4v) is 2.88. The Kier molecular flexibility index (Phi) is 5.03. The van der Waals surface area contributed by atoms with Gasteiger partial charge in [0.05, 0.1) is 7.11 Å². The van der Waals surface area contributed by atoms with E-state index in [1.54, 1.807) is 7.11 Å². The van der Waals surface area contributed by atoms with E-state index in [1.165, 1.54) is 0 Å². The Bertz CT molecular complexity index is 490. The number of nitrogens with one attached hydrogen (secondary N) is 1. The molecule has 0 aliphatic heterocycles. The molecular formula is C16H26N2OS. The molecule has 4 heteroatoms. The van der Waals surface area contributed by atoms with Gasteiger partial charge in [0.15, 0.2) is 0 Å². The summed E-state index contributed by atoms with van der Waals surface area (Å²) >= 11 is 5.12. The molecule has 0 fully saturated rings. The first kappa shape index (κ1) is 16.8. The zero-order chi connectivity index (χ0) is 15.6. The third kappa shape index (κ3) is 5.00. The lowest BCUT2D eigenvalue weighted by Crippen LogP contribution is -2.36. The Morgan fingerprint density at radius 1 is 1.25 bits per heavy atom. The van der Waals surface area contributed by atoms with Crippen LogP contribution in [0.1, 0.15) is 46.6 Å². The van der Waals surface area contributed by atoms with E-state index < -0.39 is 0 Å². The summed E-state index contributed by atoms with van der Waals surface area (Å²) in [6.07, 6.45) is 1.02. The molecule has 0 saturated heterocycles. The predicted octanol–water partition coefficient (Wildman–Crippen LogP) is 3.96. The van der Waals surface area contributed by atoms with E-state index in [9.17, 15) is 0 Å². The Hall–Kier alpha value is -1.29. The maximum atomic E-state index is 5.80. The van der Waals surface area contributed by atoms with Crippen LogP contribution < -0.4 is 15.8 Å². The topological polar surface area (TPSA) is 47.3 Å². The molecule has 20 heavy (non-hydrogen) atoms. The normalized spacial score (nSPS) is 12.1. The highest BCUT2D eigenvalue weighted by molar-refractivity contribution is 7.80. The van der Waals surface area contributed by atoms with Crippen molar-refractivity contribution in [2.24, 2.45) is 11.1 Å². The predicted molar refractivity (Wildman–Crippen MR) is 90.7 cm³/mol. The van der Waals surface area contributed by atoms with E-state index in [1.807, 2.05) is 18.2 Å². The number of nitrogens with two attached hydrogens (primary N) is 1. The zero-order valence-electron chi connectivity index (χ0n) is 13.3. The minimum Gasteiger partial charge on any atom is -0.497 e. The molecule has 1 rings (SSSR count).